The molecular formula is C14H13N3O3. The molecule has 0 saturated heterocycles. The highest BCUT2D eigenvalue weighted by Gasteiger charge is 2.16. The average Bonchev–Trinajstić information content (AvgIpc) is 3.05. The van der Waals surface area contributed by atoms with Gasteiger partial charge in [-0.1, -0.05) is 12.1 Å². The lowest BCUT2D eigenvalue weighted by molar-refractivity contribution is -0.389. The monoisotopic (exact) mass is 271 g/mol. The predicted molar refractivity (Wildman–Crippen MR) is 71.7 cm³/mol. The maximum absolute atomic E-state index is 12.2. The molecule has 1 aromatic carbocycles. The normalized spacial score (nSPS) is 13.2. The molecule has 0 amide bonds. The van der Waals surface area contributed by atoms with Crippen LogP contribution in [0.5, 0.6) is 0 Å². The standard InChI is InChI=1S/C14H13N3O3/c18-13(7-16-8-14(15-9-16)17(19)20)12-5-4-10-2-1-3-11(10)6-12/h4-6,8-9H,1-3,7H2. The molecule has 0 atom stereocenters. The minimum absolute atomic E-state index is 0.0630. The number of carbonyl (C=O) groups is 1. The summed E-state index contributed by atoms with van der Waals surface area (Å²) in [4.78, 5) is 25.8. The quantitative estimate of drug-likeness (QED) is 0.485. The summed E-state index contributed by atoms with van der Waals surface area (Å²) < 4.78 is 1.44. The van der Waals surface area contributed by atoms with Crippen LogP contribution < -0.4 is 0 Å². The van der Waals surface area contributed by atoms with Crippen molar-refractivity contribution in [1.82, 2.24) is 9.55 Å². The summed E-state index contributed by atoms with van der Waals surface area (Å²) in [5.74, 6) is -0.307. The zero-order valence-electron chi connectivity index (χ0n) is 10.8. The van der Waals surface area contributed by atoms with Gasteiger partial charge in [0, 0.05) is 5.56 Å². The molecule has 6 heteroatoms. The van der Waals surface area contributed by atoms with Crippen LogP contribution in [0.25, 0.3) is 0 Å². The van der Waals surface area contributed by atoms with Crippen LogP contribution in [0.2, 0.25) is 0 Å². The molecule has 20 heavy (non-hydrogen) atoms. The zero-order chi connectivity index (χ0) is 14.1. The van der Waals surface area contributed by atoms with Crippen molar-refractivity contribution >= 4 is 11.6 Å². The van der Waals surface area contributed by atoms with E-state index in [9.17, 15) is 14.9 Å². The van der Waals surface area contributed by atoms with Crippen molar-refractivity contribution in [2.45, 2.75) is 25.8 Å². The number of hydrogen-bond donors (Lipinski definition) is 0. The van der Waals surface area contributed by atoms with Gasteiger partial charge in [0.1, 0.15) is 6.20 Å². The molecule has 1 aliphatic carbocycles. The van der Waals surface area contributed by atoms with E-state index in [0.717, 1.165) is 19.3 Å². The van der Waals surface area contributed by atoms with Crippen LogP contribution >= 0.6 is 0 Å². The summed E-state index contributed by atoms with van der Waals surface area (Å²) >= 11 is 0. The lowest BCUT2D eigenvalue weighted by atomic mass is 10.0. The smallest absolute Gasteiger partial charge is 0.358 e. The fourth-order valence-corrected chi connectivity index (χ4v) is 2.53. The van der Waals surface area contributed by atoms with Gasteiger partial charge in [-0.25, -0.2) is 0 Å². The Morgan fingerprint density at radius 2 is 2.15 bits per heavy atom. The van der Waals surface area contributed by atoms with Crippen molar-refractivity contribution in [3.63, 3.8) is 0 Å². The summed E-state index contributed by atoms with van der Waals surface area (Å²) in [6.45, 7) is 0.0691. The van der Waals surface area contributed by atoms with E-state index in [1.807, 2.05) is 18.2 Å². The van der Waals surface area contributed by atoms with E-state index < -0.39 is 4.92 Å². The Morgan fingerprint density at radius 3 is 2.90 bits per heavy atom. The molecule has 0 N–H and O–H groups in total. The van der Waals surface area contributed by atoms with E-state index in [1.54, 1.807) is 0 Å². The van der Waals surface area contributed by atoms with Gasteiger partial charge in [0.05, 0.1) is 6.54 Å². The number of rotatable bonds is 4. The number of ketones is 1. The topological polar surface area (TPSA) is 78.0 Å². The van der Waals surface area contributed by atoms with Gasteiger partial charge in [0.15, 0.2) is 5.78 Å². The van der Waals surface area contributed by atoms with Crippen LogP contribution in [0.4, 0.5) is 5.82 Å². The molecule has 0 fully saturated rings. The minimum Gasteiger partial charge on any atom is -0.358 e. The van der Waals surface area contributed by atoms with E-state index in [1.165, 1.54) is 28.2 Å². The molecule has 1 aliphatic rings. The van der Waals surface area contributed by atoms with Crippen LogP contribution in [0.3, 0.4) is 0 Å². The van der Waals surface area contributed by atoms with Crippen LogP contribution in [0.15, 0.2) is 30.7 Å². The van der Waals surface area contributed by atoms with E-state index in [-0.39, 0.29) is 18.1 Å². The molecule has 1 aromatic heterocycles. The molecule has 3 rings (SSSR count). The molecule has 6 nitrogen and oxygen atoms in total. The summed E-state index contributed by atoms with van der Waals surface area (Å²) in [6.07, 6.45) is 5.82. The van der Waals surface area contributed by atoms with Crippen molar-refractivity contribution in [2.75, 3.05) is 0 Å². The number of nitrogens with zero attached hydrogens (tertiary/aromatic N) is 3. The molecule has 0 radical (unpaired) electrons. The van der Waals surface area contributed by atoms with Crippen molar-refractivity contribution < 1.29 is 9.72 Å². The molecule has 0 saturated carbocycles. The van der Waals surface area contributed by atoms with Crippen molar-refractivity contribution in [2.24, 2.45) is 0 Å². The van der Waals surface area contributed by atoms with Gasteiger partial charge < -0.3 is 14.7 Å². The number of hydrogen-bond acceptors (Lipinski definition) is 4. The first-order valence-electron chi connectivity index (χ1n) is 6.44. The van der Waals surface area contributed by atoms with Gasteiger partial charge in [-0.15, -0.1) is 0 Å². The maximum atomic E-state index is 12.2. The average molecular weight is 271 g/mol. The van der Waals surface area contributed by atoms with Gasteiger partial charge in [0.2, 0.25) is 6.33 Å². The van der Waals surface area contributed by atoms with Crippen LogP contribution in [-0.2, 0) is 19.4 Å². The Labute approximate surface area is 115 Å². The highest BCUT2D eigenvalue weighted by Crippen LogP contribution is 2.23. The number of benzene rings is 1. The first-order chi connectivity index (χ1) is 9.63. The fraction of sp³-hybridized carbons (Fsp3) is 0.286. The second kappa shape index (κ2) is 4.88. The Kier molecular flexibility index (Phi) is 3.06. The highest BCUT2D eigenvalue weighted by molar-refractivity contribution is 5.96. The summed E-state index contributed by atoms with van der Waals surface area (Å²) in [5, 5.41) is 10.5. The van der Waals surface area contributed by atoms with Crippen molar-refractivity contribution in [3.8, 4) is 0 Å². The second-order valence-electron chi connectivity index (χ2n) is 4.92. The Hall–Kier alpha value is -2.50. The SMILES string of the molecule is O=C(Cn1cnc([N+](=O)[O-])c1)c1ccc2c(c1)CCC2. The first kappa shape index (κ1) is 12.5. The summed E-state index contributed by atoms with van der Waals surface area (Å²) in [7, 11) is 0. The molecule has 1 heterocycles. The van der Waals surface area contributed by atoms with Gasteiger partial charge >= 0.3 is 5.82 Å². The largest absolute Gasteiger partial charge is 0.381 e. The number of Topliss-reactive ketones (excluding diaryl/α,β-unsaturated/α-hetero) is 1. The Bertz CT molecular complexity index is 691. The third-order valence-electron chi connectivity index (χ3n) is 3.55. The summed E-state index contributed by atoms with van der Waals surface area (Å²) in [5.41, 5.74) is 3.22. The van der Waals surface area contributed by atoms with Crippen molar-refractivity contribution in [3.05, 3.63) is 57.5 Å². The molecule has 0 bridgehead atoms. The van der Waals surface area contributed by atoms with Gasteiger partial charge in [-0.05, 0) is 46.4 Å². The zero-order valence-corrected chi connectivity index (χ0v) is 10.8. The number of aromatic nitrogens is 2. The molecule has 2 aromatic rings. The van der Waals surface area contributed by atoms with Crippen LogP contribution in [0, 0.1) is 10.1 Å². The number of imidazole rings is 1. The van der Waals surface area contributed by atoms with Crippen LogP contribution in [0.1, 0.15) is 27.9 Å². The second-order valence-corrected chi connectivity index (χ2v) is 4.92. The fourth-order valence-electron chi connectivity index (χ4n) is 2.53. The highest BCUT2D eigenvalue weighted by atomic mass is 16.6. The number of nitro groups is 1. The molecule has 0 aliphatic heterocycles. The number of aryl methyl sites for hydroxylation is 2. The maximum Gasteiger partial charge on any atom is 0.381 e. The number of fused-ring (bicyclic) bond motifs is 1. The van der Waals surface area contributed by atoms with E-state index in [0.29, 0.717) is 5.56 Å². The molecule has 102 valence electrons. The first-order valence-corrected chi connectivity index (χ1v) is 6.44. The third kappa shape index (κ3) is 2.32. The van der Waals surface area contributed by atoms with Gasteiger partial charge in [-0.3, -0.25) is 4.79 Å². The van der Waals surface area contributed by atoms with Gasteiger partial charge in [-0.2, -0.15) is 0 Å². The van der Waals surface area contributed by atoms with Crippen molar-refractivity contribution in [1.29, 1.82) is 0 Å². The van der Waals surface area contributed by atoms with E-state index in [2.05, 4.69) is 4.98 Å². The summed E-state index contributed by atoms with van der Waals surface area (Å²) in [6, 6.07) is 5.78. The lowest BCUT2D eigenvalue weighted by Crippen LogP contribution is -2.09. The molecule has 0 unspecified atom stereocenters. The minimum atomic E-state index is -0.573. The lowest BCUT2D eigenvalue weighted by Gasteiger charge is -2.04. The van der Waals surface area contributed by atoms with Gasteiger partial charge in [0.25, 0.3) is 0 Å². The third-order valence-corrected chi connectivity index (χ3v) is 3.55. The molecular weight excluding hydrogens is 258 g/mol. The Balaban J connectivity index is 1.77. The number of carbonyl (C=O) groups excluding carboxylic acids is 1. The molecule has 0 spiro atoms. The predicted octanol–water partition coefficient (Wildman–Crippen LogP) is 2.16. The van der Waals surface area contributed by atoms with Crippen LogP contribution in [-0.4, -0.2) is 20.3 Å². The van der Waals surface area contributed by atoms with E-state index >= 15 is 0 Å². The van der Waals surface area contributed by atoms with E-state index in [4.69, 9.17) is 0 Å². The Morgan fingerprint density at radius 1 is 1.35 bits per heavy atom.